The average Bonchev–Trinajstić information content (AvgIpc) is 3.25. The minimum absolute atomic E-state index is 0.149. The molecule has 2 aromatic heterocycles. The molecule has 0 saturated carbocycles. The third-order valence-corrected chi connectivity index (χ3v) is 5.62. The van der Waals surface area contributed by atoms with Crippen LogP contribution in [0.5, 0.6) is 0 Å². The molecule has 0 spiro atoms. The Morgan fingerprint density at radius 1 is 1.28 bits per heavy atom. The molecule has 1 amide bonds. The summed E-state index contributed by atoms with van der Waals surface area (Å²) in [4.78, 5) is 28.2. The third-order valence-electron chi connectivity index (χ3n) is 4.23. The van der Waals surface area contributed by atoms with Crippen molar-refractivity contribution in [2.75, 3.05) is 18.0 Å². The molecule has 0 aliphatic carbocycles. The molecular formula is C17H16ClN5OS. The number of fused-ring (bicyclic) bond motifs is 1. The number of hydrogen-bond donors (Lipinski definition) is 0. The van der Waals surface area contributed by atoms with Crippen LogP contribution in [0.4, 0.5) is 5.95 Å². The lowest BCUT2D eigenvalue weighted by molar-refractivity contribution is 0.0993. The van der Waals surface area contributed by atoms with E-state index in [2.05, 4.69) is 19.9 Å². The summed E-state index contributed by atoms with van der Waals surface area (Å²) in [5.74, 6) is 0.0937. The molecule has 1 fully saturated rings. The minimum atomic E-state index is -0.449. The van der Waals surface area contributed by atoms with Crippen LogP contribution < -0.4 is 9.70 Å². The first-order valence-corrected chi connectivity index (χ1v) is 9.24. The Hall–Kier alpha value is -2.25. The Kier molecular flexibility index (Phi) is 4.27. The molecule has 128 valence electrons. The molecule has 0 atom stereocenters. The number of anilines is 1. The zero-order valence-corrected chi connectivity index (χ0v) is 15.2. The maximum Gasteiger partial charge on any atom is 0.299 e. The first-order valence-electron chi connectivity index (χ1n) is 8.04. The number of aromatic nitrogens is 3. The summed E-state index contributed by atoms with van der Waals surface area (Å²) in [6, 6.07) is 7.93. The van der Waals surface area contributed by atoms with E-state index >= 15 is 0 Å². The molecule has 6 nitrogen and oxygen atoms in total. The molecular weight excluding hydrogens is 358 g/mol. The average molecular weight is 374 g/mol. The lowest BCUT2D eigenvalue weighted by Crippen LogP contribution is -2.22. The Labute approximate surface area is 153 Å². The molecule has 0 bridgehead atoms. The Morgan fingerprint density at radius 2 is 2.04 bits per heavy atom. The van der Waals surface area contributed by atoms with Gasteiger partial charge in [0.15, 0.2) is 10.5 Å². The van der Waals surface area contributed by atoms with Crippen LogP contribution in [0.1, 0.15) is 23.3 Å². The summed E-state index contributed by atoms with van der Waals surface area (Å²) in [6.45, 7) is 1.80. The van der Waals surface area contributed by atoms with Crippen LogP contribution in [0.2, 0.25) is 5.02 Å². The molecule has 1 saturated heterocycles. The van der Waals surface area contributed by atoms with Crippen molar-refractivity contribution >= 4 is 45.0 Å². The fourth-order valence-corrected chi connectivity index (χ4v) is 4.09. The van der Waals surface area contributed by atoms with Gasteiger partial charge in [-0.1, -0.05) is 35.1 Å². The van der Waals surface area contributed by atoms with Crippen LogP contribution in [0.3, 0.4) is 0 Å². The molecule has 1 aliphatic heterocycles. The van der Waals surface area contributed by atoms with E-state index in [1.54, 1.807) is 0 Å². The number of aryl methyl sites for hydroxylation is 1. The van der Waals surface area contributed by atoms with Crippen LogP contribution in [-0.4, -0.2) is 33.5 Å². The van der Waals surface area contributed by atoms with E-state index in [1.165, 1.54) is 17.5 Å². The Morgan fingerprint density at radius 3 is 2.80 bits per heavy atom. The van der Waals surface area contributed by atoms with E-state index in [0.717, 1.165) is 36.1 Å². The first-order chi connectivity index (χ1) is 12.1. The largest absolute Gasteiger partial charge is 0.341 e. The molecule has 0 unspecified atom stereocenters. The second-order valence-corrected chi connectivity index (χ2v) is 7.31. The summed E-state index contributed by atoms with van der Waals surface area (Å²) in [6.07, 6.45) is 3.70. The Balaban J connectivity index is 1.75. The minimum Gasteiger partial charge on any atom is -0.341 e. The SMILES string of the molecule is Cn1c(=NC(=O)c2nc(N3CCCC3)ncc2Cl)sc2ccccc21. The number of nitrogens with zero attached hydrogens (tertiary/aromatic N) is 5. The second kappa shape index (κ2) is 6.57. The van der Waals surface area contributed by atoms with E-state index in [1.807, 2.05) is 35.9 Å². The highest BCUT2D eigenvalue weighted by Gasteiger charge is 2.19. The lowest BCUT2D eigenvalue weighted by Gasteiger charge is -2.15. The number of carbonyl (C=O) groups is 1. The molecule has 0 N–H and O–H groups in total. The van der Waals surface area contributed by atoms with Crippen LogP contribution in [0, 0.1) is 0 Å². The molecule has 8 heteroatoms. The van der Waals surface area contributed by atoms with E-state index in [-0.39, 0.29) is 10.7 Å². The molecule has 3 heterocycles. The van der Waals surface area contributed by atoms with E-state index in [4.69, 9.17) is 11.6 Å². The quantitative estimate of drug-likeness (QED) is 0.692. The van der Waals surface area contributed by atoms with Crippen molar-refractivity contribution in [3.63, 3.8) is 0 Å². The van der Waals surface area contributed by atoms with Crippen molar-refractivity contribution in [3.05, 3.63) is 46.0 Å². The van der Waals surface area contributed by atoms with Gasteiger partial charge in [0, 0.05) is 20.1 Å². The van der Waals surface area contributed by atoms with Crippen molar-refractivity contribution in [3.8, 4) is 0 Å². The van der Waals surface area contributed by atoms with E-state index in [9.17, 15) is 4.79 Å². The van der Waals surface area contributed by atoms with Gasteiger partial charge in [0.25, 0.3) is 5.91 Å². The van der Waals surface area contributed by atoms with Gasteiger partial charge in [-0.3, -0.25) is 4.79 Å². The number of benzene rings is 1. The summed E-state index contributed by atoms with van der Waals surface area (Å²) in [5, 5.41) is 0.223. The fourth-order valence-electron chi connectivity index (χ4n) is 2.91. The van der Waals surface area contributed by atoms with Crippen LogP contribution in [0.15, 0.2) is 35.5 Å². The topological polar surface area (TPSA) is 63.4 Å². The van der Waals surface area contributed by atoms with Gasteiger partial charge in [0.2, 0.25) is 5.95 Å². The van der Waals surface area contributed by atoms with Gasteiger partial charge in [-0.15, -0.1) is 0 Å². The second-order valence-electron chi connectivity index (χ2n) is 5.89. The molecule has 3 aromatic rings. The smallest absolute Gasteiger partial charge is 0.299 e. The summed E-state index contributed by atoms with van der Waals surface area (Å²) in [5.41, 5.74) is 1.18. The number of para-hydroxylation sites is 1. The molecule has 1 aliphatic rings. The zero-order chi connectivity index (χ0) is 17.4. The maximum atomic E-state index is 12.7. The van der Waals surface area contributed by atoms with E-state index in [0.29, 0.717) is 10.7 Å². The summed E-state index contributed by atoms with van der Waals surface area (Å²) in [7, 11) is 1.89. The third kappa shape index (κ3) is 3.05. The van der Waals surface area contributed by atoms with E-state index < -0.39 is 5.91 Å². The van der Waals surface area contributed by atoms with Crippen molar-refractivity contribution in [1.29, 1.82) is 0 Å². The highest BCUT2D eigenvalue weighted by Crippen LogP contribution is 2.21. The lowest BCUT2D eigenvalue weighted by atomic mass is 10.3. The van der Waals surface area contributed by atoms with Gasteiger partial charge in [-0.2, -0.15) is 4.99 Å². The number of rotatable bonds is 2. The number of halogens is 1. The highest BCUT2D eigenvalue weighted by molar-refractivity contribution is 7.16. The maximum absolute atomic E-state index is 12.7. The first kappa shape index (κ1) is 16.2. The Bertz CT molecular complexity index is 1020. The number of amides is 1. The van der Waals surface area contributed by atoms with Crippen molar-refractivity contribution in [2.24, 2.45) is 12.0 Å². The van der Waals surface area contributed by atoms with Gasteiger partial charge in [-0.05, 0) is 25.0 Å². The summed E-state index contributed by atoms with van der Waals surface area (Å²) >= 11 is 7.62. The summed E-state index contributed by atoms with van der Waals surface area (Å²) < 4.78 is 2.97. The number of thiazole rings is 1. The van der Waals surface area contributed by atoms with Crippen LogP contribution in [-0.2, 0) is 7.05 Å². The van der Waals surface area contributed by atoms with Crippen molar-refractivity contribution < 1.29 is 4.79 Å². The van der Waals surface area contributed by atoms with Gasteiger partial charge < -0.3 is 9.47 Å². The molecule has 4 rings (SSSR count). The van der Waals surface area contributed by atoms with Crippen LogP contribution >= 0.6 is 22.9 Å². The monoisotopic (exact) mass is 373 g/mol. The van der Waals surface area contributed by atoms with Crippen molar-refractivity contribution in [2.45, 2.75) is 12.8 Å². The number of carbonyl (C=O) groups excluding carboxylic acids is 1. The molecule has 0 radical (unpaired) electrons. The van der Waals surface area contributed by atoms with Crippen LogP contribution in [0.25, 0.3) is 10.2 Å². The normalized spacial score (nSPS) is 15.3. The predicted octanol–water partition coefficient (Wildman–Crippen LogP) is 3.02. The standard InChI is InChI=1S/C17H16ClN5OS/c1-22-12-6-2-3-7-13(12)25-17(22)21-15(24)14-11(18)10-19-16(20-14)23-8-4-5-9-23/h2-3,6-7,10H,4-5,8-9H2,1H3. The number of hydrogen-bond acceptors (Lipinski definition) is 5. The zero-order valence-electron chi connectivity index (χ0n) is 13.6. The molecule has 1 aromatic carbocycles. The molecule has 25 heavy (non-hydrogen) atoms. The van der Waals surface area contributed by atoms with Gasteiger partial charge in [0.1, 0.15) is 0 Å². The predicted molar refractivity (Wildman–Crippen MR) is 99.2 cm³/mol. The van der Waals surface area contributed by atoms with Gasteiger partial charge >= 0.3 is 0 Å². The fraction of sp³-hybridized carbons (Fsp3) is 0.294. The van der Waals surface area contributed by atoms with Crippen molar-refractivity contribution in [1.82, 2.24) is 14.5 Å². The van der Waals surface area contributed by atoms with Gasteiger partial charge in [0.05, 0.1) is 21.4 Å². The van der Waals surface area contributed by atoms with Gasteiger partial charge in [-0.25, -0.2) is 9.97 Å². The highest BCUT2D eigenvalue weighted by atomic mass is 35.5.